The summed E-state index contributed by atoms with van der Waals surface area (Å²) in [7, 11) is 1.48. The Morgan fingerprint density at radius 1 is 1.22 bits per heavy atom. The van der Waals surface area contributed by atoms with Gasteiger partial charge in [0.15, 0.2) is 11.6 Å². The van der Waals surface area contributed by atoms with Crippen molar-refractivity contribution in [3.63, 3.8) is 0 Å². The van der Waals surface area contributed by atoms with Crippen molar-refractivity contribution >= 4 is 11.8 Å². The van der Waals surface area contributed by atoms with Crippen LogP contribution in [-0.2, 0) is 4.79 Å². The molecular formula is C25H30FN3O3. The zero-order valence-corrected chi connectivity index (χ0v) is 18.6. The quantitative estimate of drug-likeness (QED) is 0.724. The Hall–Kier alpha value is -2.93. The molecule has 7 heteroatoms. The smallest absolute Gasteiger partial charge is 0.254 e. The fraction of sp³-hybridized carbons (Fsp3) is 0.440. The van der Waals surface area contributed by atoms with Gasteiger partial charge in [0.2, 0.25) is 5.91 Å². The molecule has 32 heavy (non-hydrogen) atoms. The number of methoxy groups -OCH3 is 1. The molecule has 2 aliphatic rings. The van der Waals surface area contributed by atoms with Gasteiger partial charge in [-0.3, -0.25) is 9.59 Å². The minimum absolute atomic E-state index is 0.0926. The Bertz CT molecular complexity index is 979. The molecule has 1 saturated heterocycles. The van der Waals surface area contributed by atoms with Gasteiger partial charge in [0, 0.05) is 30.7 Å². The number of ether oxygens (including phenoxy) is 1. The first kappa shape index (κ1) is 22.3. The molecule has 1 saturated carbocycles. The Kier molecular flexibility index (Phi) is 6.74. The van der Waals surface area contributed by atoms with Crippen LogP contribution in [0.4, 0.5) is 4.39 Å². The Morgan fingerprint density at radius 2 is 2.00 bits per heavy atom. The molecule has 4 rings (SSSR count). The number of nitrogens with one attached hydrogen (secondary N) is 2. The second-order valence-electron chi connectivity index (χ2n) is 8.69. The van der Waals surface area contributed by atoms with Crippen molar-refractivity contribution in [2.45, 2.75) is 44.2 Å². The van der Waals surface area contributed by atoms with Gasteiger partial charge in [-0.25, -0.2) is 4.39 Å². The third-order valence-corrected chi connectivity index (χ3v) is 6.55. The molecule has 6 nitrogen and oxygen atoms in total. The molecule has 3 atom stereocenters. The zero-order valence-electron chi connectivity index (χ0n) is 18.6. The molecule has 2 fully saturated rings. The third kappa shape index (κ3) is 4.93. The van der Waals surface area contributed by atoms with Gasteiger partial charge in [-0.15, -0.1) is 0 Å². The zero-order chi connectivity index (χ0) is 22.7. The van der Waals surface area contributed by atoms with E-state index in [1.54, 1.807) is 17.0 Å². The number of carbonyl (C=O) groups excluding carboxylic acids is 2. The van der Waals surface area contributed by atoms with E-state index >= 15 is 0 Å². The van der Waals surface area contributed by atoms with Crippen molar-refractivity contribution in [2.24, 2.45) is 0 Å². The molecule has 2 amide bonds. The number of rotatable bonds is 6. The molecule has 0 spiro atoms. The van der Waals surface area contributed by atoms with Crippen molar-refractivity contribution in [2.75, 3.05) is 26.7 Å². The highest BCUT2D eigenvalue weighted by Gasteiger charge is 2.28. The molecule has 2 aromatic rings. The van der Waals surface area contributed by atoms with Gasteiger partial charge in [0.05, 0.1) is 13.7 Å². The fourth-order valence-corrected chi connectivity index (χ4v) is 4.72. The number of hydrogen-bond donors (Lipinski definition) is 2. The van der Waals surface area contributed by atoms with Gasteiger partial charge < -0.3 is 20.3 Å². The van der Waals surface area contributed by atoms with Crippen LogP contribution in [0.25, 0.3) is 0 Å². The average Bonchev–Trinajstić information content (AvgIpc) is 3.27. The minimum atomic E-state index is -0.352. The summed E-state index contributed by atoms with van der Waals surface area (Å²) >= 11 is 0. The van der Waals surface area contributed by atoms with Crippen LogP contribution >= 0.6 is 0 Å². The van der Waals surface area contributed by atoms with Gasteiger partial charge in [0.25, 0.3) is 5.91 Å². The summed E-state index contributed by atoms with van der Waals surface area (Å²) in [5.41, 5.74) is 2.86. The fourth-order valence-electron chi connectivity index (χ4n) is 4.72. The number of carbonyl (C=O) groups is 2. The first-order chi connectivity index (χ1) is 15.4. The van der Waals surface area contributed by atoms with E-state index in [0.29, 0.717) is 30.6 Å². The van der Waals surface area contributed by atoms with Crippen LogP contribution in [0, 0.1) is 5.82 Å². The molecule has 1 aliphatic carbocycles. The highest BCUT2D eigenvalue weighted by Crippen LogP contribution is 2.36. The number of hydrogen-bond acceptors (Lipinski definition) is 4. The van der Waals surface area contributed by atoms with Crippen molar-refractivity contribution < 1.29 is 18.7 Å². The van der Waals surface area contributed by atoms with Gasteiger partial charge in [-0.1, -0.05) is 18.2 Å². The lowest BCUT2D eigenvalue weighted by molar-refractivity contribution is -0.123. The highest BCUT2D eigenvalue weighted by atomic mass is 19.1. The Morgan fingerprint density at radius 3 is 2.72 bits per heavy atom. The molecular weight excluding hydrogens is 409 g/mol. The highest BCUT2D eigenvalue weighted by molar-refractivity contribution is 5.97. The summed E-state index contributed by atoms with van der Waals surface area (Å²) in [5.74, 6) is 0.141. The third-order valence-electron chi connectivity index (χ3n) is 6.55. The standard InChI is InChI=1S/C25H30FN3O3/c1-16(19-8-10-22(26)23(14-19)32-2)28-21-9-7-20(13-21)17-3-5-18(6-4-17)25(31)29-12-11-27-24(30)15-29/h3-6,8,10,14,16,20-21,28H,7,9,11-13,15H2,1-2H3,(H,27,30). The lowest BCUT2D eigenvalue weighted by atomic mass is 9.96. The normalized spacial score (nSPS) is 21.8. The lowest BCUT2D eigenvalue weighted by Gasteiger charge is -2.26. The largest absolute Gasteiger partial charge is 0.494 e. The summed E-state index contributed by atoms with van der Waals surface area (Å²) in [6.45, 7) is 3.25. The van der Waals surface area contributed by atoms with Crippen LogP contribution in [0.3, 0.4) is 0 Å². The Labute approximate surface area is 188 Å². The molecule has 1 aliphatic heterocycles. The van der Waals surface area contributed by atoms with Gasteiger partial charge in [0.1, 0.15) is 0 Å². The average molecular weight is 440 g/mol. The minimum Gasteiger partial charge on any atom is -0.494 e. The first-order valence-corrected chi connectivity index (χ1v) is 11.2. The van der Waals surface area contributed by atoms with E-state index in [1.165, 1.54) is 18.7 Å². The summed E-state index contributed by atoms with van der Waals surface area (Å²) in [6, 6.07) is 13.3. The molecule has 0 aromatic heterocycles. The van der Waals surface area contributed by atoms with Gasteiger partial charge in [-0.2, -0.15) is 0 Å². The van der Waals surface area contributed by atoms with Crippen molar-refractivity contribution in [1.29, 1.82) is 0 Å². The van der Waals surface area contributed by atoms with Gasteiger partial charge >= 0.3 is 0 Å². The molecule has 1 heterocycles. The van der Waals surface area contributed by atoms with Crippen molar-refractivity contribution in [3.8, 4) is 5.75 Å². The number of halogens is 1. The molecule has 0 bridgehead atoms. The predicted molar refractivity (Wildman–Crippen MR) is 120 cm³/mol. The number of nitrogens with zero attached hydrogens (tertiary/aromatic N) is 1. The van der Waals surface area contributed by atoms with Crippen LogP contribution in [0.1, 0.15) is 59.6 Å². The SMILES string of the molecule is COc1cc(C(C)NC2CCC(c3ccc(C(=O)N4CCNC(=O)C4)cc3)C2)ccc1F. The summed E-state index contributed by atoms with van der Waals surface area (Å²) < 4.78 is 18.8. The second kappa shape index (κ2) is 9.69. The van der Waals surface area contributed by atoms with Crippen LogP contribution in [0.15, 0.2) is 42.5 Å². The van der Waals surface area contributed by atoms with Crippen molar-refractivity contribution in [1.82, 2.24) is 15.5 Å². The number of benzene rings is 2. The van der Waals surface area contributed by atoms with E-state index < -0.39 is 0 Å². The maximum absolute atomic E-state index is 13.7. The molecule has 0 radical (unpaired) electrons. The Balaban J connectivity index is 1.34. The maximum Gasteiger partial charge on any atom is 0.254 e. The summed E-state index contributed by atoms with van der Waals surface area (Å²) in [5, 5.41) is 6.40. The summed E-state index contributed by atoms with van der Waals surface area (Å²) in [4.78, 5) is 25.8. The van der Waals surface area contributed by atoms with E-state index in [4.69, 9.17) is 4.74 Å². The molecule has 2 N–H and O–H groups in total. The number of amides is 2. The van der Waals surface area contributed by atoms with Crippen LogP contribution in [0.2, 0.25) is 0 Å². The van der Waals surface area contributed by atoms with E-state index in [-0.39, 0.29) is 36.0 Å². The topological polar surface area (TPSA) is 70.7 Å². The second-order valence-corrected chi connectivity index (χ2v) is 8.69. The lowest BCUT2D eigenvalue weighted by Crippen LogP contribution is -2.49. The van der Waals surface area contributed by atoms with Crippen LogP contribution < -0.4 is 15.4 Å². The first-order valence-electron chi connectivity index (χ1n) is 11.2. The van der Waals surface area contributed by atoms with E-state index in [1.807, 2.05) is 24.3 Å². The molecule has 2 aromatic carbocycles. The van der Waals surface area contributed by atoms with E-state index in [2.05, 4.69) is 17.6 Å². The van der Waals surface area contributed by atoms with Crippen molar-refractivity contribution in [3.05, 3.63) is 65.0 Å². The summed E-state index contributed by atoms with van der Waals surface area (Å²) in [6.07, 6.45) is 3.16. The van der Waals surface area contributed by atoms with E-state index in [0.717, 1.165) is 24.8 Å². The predicted octanol–water partition coefficient (Wildman–Crippen LogP) is 3.39. The molecule has 3 unspecified atom stereocenters. The molecule has 170 valence electrons. The van der Waals surface area contributed by atoms with E-state index in [9.17, 15) is 14.0 Å². The van der Waals surface area contributed by atoms with Crippen LogP contribution in [0.5, 0.6) is 5.75 Å². The number of piperazine rings is 1. The monoisotopic (exact) mass is 439 g/mol. The van der Waals surface area contributed by atoms with Gasteiger partial charge in [-0.05, 0) is 67.5 Å². The maximum atomic E-state index is 13.7. The van der Waals surface area contributed by atoms with Crippen LogP contribution in [-0.4, -0.2) is 49.5 Å².